The van der Waals surface area contributed by atoms with E-state index in [4.69, 9.17) is 0 Å². The number of pyridine rings is 1. The van der Waals surface area contributed by atoms with Gasteiger partial charge in [-0.3, -0.25) is 4.79 Å². The zero-order valence-electron chi connectivity index (χ0n) is 8.02. The van der Waals surface area contributed by atoms with Crippen LogP contribution in [0.5, 0.6) is 0 Å². The highest BCUT2D eigenvalue weighted by Crippen LogP contribution is 2.17. The molecule has 0 aliphatic carbocycles. The van der Waals surface area contributed by atoms with Crippen molar-refractivity contribution in [2.75, 3.05) is 0 Å². The standard InChI is InChI=1S/C11H10INO/c1-6-3-8-10(5-9(6)12)13-7(2)4-11(8)14/h3-5H,1-2H3,(H,13,14). The van der Waals surface area contributed by atoms with E-state index in [1.54, 1.807) is 6.07 Å². The van der Waals surface area contributed by atoms with E-state index in [-0.39, 0.29) is 5.43 Å². The molecule has 0 amide bonds. The van der Waals surface area contributed by atoms with Crippen LogP contribution in [0.4, 0.5) is 0 Å². The first-order valence-electron chi connectivity index (χ1n) is 4.38. The number of benzene rings is 1. The van der Waals surface area contributed by atoms with E-state index < -0.39 is 0 Å². The summed E-state index contributed by atoms with van der Waals surface area (Å²) in [6.07, 6.45) is 0. The van der Waals surface area contributed by atoms with Gasteiger partial charge < -0.3 is 4.98 Å². The predicted octanol–water partition coefficient (Wildman–Crippen LogP) is 2.75. The Hall–Kier alpha value is -0.840. The van der Waals surface area contributed by atoms with E-state index >= 15 is 0 Å². The number of nitrogens with one attached hydrogen (secondary N) is 1. The van der Waals surface area contributed by atoms with Crippen molar-refractivity contribution in [3.63, 3.8) is 0 Å². The van der Waals surface area contributed by atoms with Gasteiger partial charge in [-0.05, 0) is 54.1 Å². The van der Waals surface area contributed by atoms with Crippen LogP contribution in [0.1, 0.15) is 11.3 Å². The third-order valence-corrected chi connectivity index (χ3v) is 3.41. The topological polar surface area (TPSA) is 32.9 Å². The molecular weight excluding hydrogens is 289 g/mol. The van der Waals surface area contributed by atoms with Gasteiger partial charge in [0.2, 0.25) is 0 Å². The summed E-state index contributed by atoms with van der Waals surface area (Å²) in [5, 5.41) is 0.772. The first kappa shape index (κ1) is 9.71. The van der Waals surface area contributed by atoms with E-state index in [9.17, 15) is 4.79 Å². The first-order valence-corrected chi connectivity index (χ1v) is 5.45. The van der Waals surface area contributed by atoms with Crippen molar-refractivity contribution < 1.29 is 0 Å². The monoisotopic (exact) mass is 299 g/mol. The second-order valence-corrected chi connectivity index (χ2v) is 4.63. The molecule has 0 radical (unpaired) electrons. The largest absolute Gasteiger partial charge is 0.358 e. The number of hydrogen-bond donors (Lipinski definition) is 1. The fraction of sp³-hybridized carbons (Fsp3) is 0.182. The van der Waals surface area contributed by atoms with Crippen molar-refractivity contribution in [3.05, 3.63) is 43.2 Å². The number of hydrogen-bond acceptors (Lipinski definition) is 1. The van der Waals surface area contributed by atoms with Crippen molar-refractivity contribution in [2.45, 2.75) is 13.8 Å². The number of halogens is 1. The molecule has 0 saturated heterocycles. The average molecular weight is 299 g/mol. The van der Waals surface area contributed by atoms with Gasteiger partial charge in [-0.1, -0.05) is 0 Å². The van der Waals surface area contributed by atoms with Gasteiger partial charge in [-0.15, -0.1) is 0 Å². The SMILES string of the molecule is Cc1cc(=O)c2cc(C)c(I)cc2[nH]1. The highest BCUT2D eigenvalue weighted by molar-refractivity contribution is 14.1. The number of fused-ring (bicyclic) bond motifs is 1. The van der Waals surface area contributed by atoms with Crippen LogP contribution in [0.2, 0.25) is 0 Å². The van der Waals surface area contributed by atoms with Crippen molar-refractivity contribution in [2.24, 2.45) is 0 Å². The molecule has 72 valence electrons. The van der Waals surface area contributed by atoms with Crippen molar-refractivity contribution >= 4 is 33.5 Å². The van der Waals surface area contributed by atoms with E-state index in [0.29, 0.717) is 0 Å². The quantitative estimate of drug-likeness (QED) is 0.746. The summed E-state index contributed by atoms with van der Waals surface area (Å²) in [6.45, 7) is 3.91. The summed E-state index contributed by atoms with van der Waals surface area (Å²) in [5.74, 6) is 0. The van der Waals surface area contributed by atoms with Crippen LogP contribution < -0.4 is 5.43 Å². The lowest BCUT2D eigenvalue weighted by molar-refractivity contribution is 1.24. The highest BCUT2D eigenvalue weighted by Gasteiger charge is 2.02. The van der Waals surface area contributed by atoms with Crippen LogP contribution in [0.25, 0.3) is 10.9 Å². The summed E-state index contributed by atoms with van der Waals surface area (Å²) in [4.78, 5) is 14.8. The van der Waals surface area contributed by atoms with Gasteiger partial charge in [-0.2, -0.15) is 0 Å². The van der Waals surface area contributed by atoms with Crippen LogP contribution in [-0.4, -0.2) is 4.98 Å². The molecule has 0 fully saturated rings. The molecule has 0 aliphatic rings. The molecule has 1 heterocycles. The minimum Gasteiger partial charge on any atom is -0.358 e. The molecule has 2 rings (SSSR count). The molecule has 1 aromatic carbocycles. The van der Waals surface area contributed by atoms with Gasteiger partial charge >= 0.3 is 0 Å². The molecule has 2 nitrogen and oxygen atoms in total. The fourth-order valence-electron chi connectivity index (χ4n) is 1.51. The third-order valence-electron chi connectivity index (χ3n) is 2.24. The van der Waals surface area contributed by atoms with E-state index in [1.165, 1.54) is 3.57 Å². The van der Waals surface area contributed by atoms with E-state index in [1.807, 2.05) is 26.0 Å². The summed E-state index contributed by atoms with van der Waals surface area (Å²) < 4.78 is 1.18. The molecule has 2 aromatic rings. The molecular formula is C11H10INO. The van der Waals surface area contributed by atoms with E-state index in [0.717, 1.165) is 22.2 Å². The Labute approximate surface area is 95.5 Å². The van der Waals surface area contributed by atoms with Crippen LogP contribution in [0.15, 0.2) is 23.0 Å². The fourth-order valence-corrected chi connectivity index (χ4v) is 1.98. The lowest BCUT2D eigenvalue weighted by atomic mass is 10.1. The molecule has 0 atom stereocenters. The lowest BCUT2D eigenvalue weighted by Gasteiger charge is -2.03. The number of aromatic amines is 1. The summed E-state index contributed by atoms with van der Waals surface area (Å²) in [5.41, 5.74) is 3.07. The zero-order valence-corrected chi connectivity index (χ0v) is 10.2. The summed E-state index contributed by atoms with van der Waals surface area (Å²) in [7, 11) is 0. The molecule has 0 bridgehead atoms. The zero-order chi connectivity index (χ0) is 10.3. The Balaban J connectivity index is 2.96. The predicted molar refractivity (Wildman–Crippen MR) is 66.8 cm³/mol. The van der Waals surface area contributed by atoms with Gasteiger partial charge in [0.15, 0.2) is 5.43 Å². The molecule has 0 spiro atoms. The molecule has 0 aliphatic heterocycles. The number of aromatic nitrogens is 1. The van der Waals surface area contributed by atoms with Crippen molar-refractivity contribution in [3.8, 4) is 0 Å². The molecule has 1 aromatic heterocycles. The van der Waals surface area contributed by atoms with Gasteiger partial charge in [0.25, 0.3) is 0 Å². The smallest absolute Gasteiger partial charge is 0.189 e. The van der Waals surface area contributed by atoms with Crippen molar-refractivity contribution in [1.29, 1.82) is 0 Å². The Morgan fingerprint density at radius 3 is 2.64 bits per heavy atom. The van der Waals surface area contributed by atoms with Gasteiger partial charge in [0, 0.05) is 20.7 Å². The number of H-pyrrole nitrogens is 1. The first-order chi connectivity index (χ1) is 6.58. The van der Waals surface area contributed by atoms with Gasteiger partial charge in [-0.25, -0.2) is 0 Å². The summed E-state index contributed by atoms with van der Waals surface area (Å²) >= 11 is 2.27. The minimum absolute atomic E-state index is 0.0933. The highest BCUT2D eigenvalue weighted by atomic mass is 127. The maximum atomic E-state index is 11.6. The maximum absolute atomic E-state index is 11.6. The van der Waals surface area contributed by atoms with Crippen LogP contribution >= 0.6 is 22.6 Å². The molecule has 3 heteroatoms. The van der Waals surface area contributed by atoms with Gasteiger partial charge in [0.1, 0.15) is 0 Å². The Morgan fingerprint density at radius 2 is 1.93 bits per heavy atom. The number of aryl methyl sites for hydroxylation is 2. The third kappa shape index (κ3) is 1.56. The normalized spacial score (nSPS) is 10.8. The second-order valence-electron chi connectivity index (χ2n) is 3.46. The van der Waals surface area contributed by atoms with Crippen LogP contribution in [0, 0.1) is 17.4 Å². The van der Waals surface area contributed by atoms with E-state index in [2.05, 4.69) is 27.6 Å². The molecule has 0 saturated carbocycles. The average Bonchev–Trinajstić information content (AvgIpc) is 2.08. The molecule has 1 N–H and O–H groups in total. The minimum atomic E-state index is 0.0933. The van der Waals surface area contributed by atoms with Crippen LogP contribution in [0.3, 0.4) is 0 Å². The van der Waals surface area contributed by atoms with Gasteiger partial charge in [0.05, 0.1) is 5.52 Å². The Bertz CT molecular complexity index is 557. The Kier molecular flexibility index (Phi) is 2.34. The lowest BCUT2D eigenvalue weighted by Crippen LogP contribution is -2.03. The maximum Gasteiger partial charge on any atom is 0.189 e. The molecule has 14 heavy (non-hydrogen) atoms. The van der Waals surface area contributed by atoms with Crippen molar-refractivity contribution in [1.82, 2.24) is 4.98 Å². The number of rotatable bonds is 0. The second kappa shape index (κ2) is 3.38. The summed E-state index contributed by atoms with van der Waals surface area (Å²) in [6, 6.07) is 5.59. The van der Waals surface area contributed by atoms with Crippen LogP contribution in [-0.2, 0) is 0 Å². The molecule has 0 unspecified atom stereocenters. The Morgan fingerprint density at radius 1 is 1.21 bits per heavy atom.